The molecule has 1 aromatic rings. The van der Waals surface area contributed by atoms with Gasteiger partial charge in [-0.15, -0.1) is 0 Å². The second-order valence-electron chi connectivity index (χ2n) is 4.29. The third-order valence-corrected chi connectivity index (χ3v) is 2.71. The van der Waals surface area contributed by atoms with E-state index in [1.807, 2.05) is 11.9 Å². The van der Waals surface area contributed by atoms with Crippen molar-refractivity contribution in [1.82, 2.24) is 10.2 Å². The minimum absolute atomic E-state index is 0.0233. The molecule has 6 heteroatoms. The van der Waals surface area contributed by atoms with Gasteiger partial charge in [0.15, 0.2) is 0 Å². The standard InChI is InChI=1S/C13H20FN3O2/c1-17(7-8-19-2)6-5-16-13(18)10-3-4-11(14)12(15)9-10/h3-4,9H,5-8,15H2,1-2H3,(H,16,18). The van der Waals surface area contributed by atoms with E-state index < -0.39 is 5.82 Å². The maximum absolute atomic E-state index is 13.0. The molecule has 0 unspecified atom stereocenters. The van der Waals surface area contributed by atoms with E-state index in [4.69, 9.17) is 10.5 Å². The molecule has 1 aromatic carbocycles. The lowest BCUT2D eigenvalue weighted by Gasteiger charge is -2.16. The summed E-state index contributed by atoms with van der Waals surface area (Å²) in [6, 6.07) is 3.93. The van der Waals surface area contributed by atoms with Crippen molar-refractivity contribution in [3.05, 3.63) is 29.6 Å². The minimum atomic E-state index is -0.518. The lowest BCUT2D eigenvalue weighted by molar-refractivity contribution is 0.0947. The largest absolute Gasteiger partial charge is 0.396 e. The Hall–Kier alpha value is -1.66. The first-order valence-electron chi connectivity index (χ1n) is 6.05. The van der Waals surface area contributed by atoms with Crippen molar-refractivity contribution in [3.63, 3.8) is 0 Å². The Balaban J connectivity index is 2.37. The second kappa shape index (κ2) is 7.70. The lowest BCUT2D eigenvalue weighted by atomic mass is 10.2. The van der Waals surface area contributed by atoms with Crippen LogP contribution in [-0.4, -0.2) is 51.2 Å². The van der Waals surface area contributed by atoms with Gasteiger partial charge in [0, 0.05) is 32.3 Å². The molecule has 1 amide bonds. The Labute approximate surface area is 112 Å². The van der Waals surface area contributed by atoms with E-state index in [2.05, 4.69) is 5.32 Å². The molecule has 0 atom stereocenters. The van der Waals surface area contributed by atoms with Gasteiger partial charge in [-0.25, -0.2) is 4.39 Å². The van der Waals surface area contributed by atoms with Gasteiger partial charge in [0.1, 0.15) is 5.82 Å². The van der Waals surface area contributed by atoms with Crippen molar-refractivity contribution >= 4 is 11.6 Å². The quantitative estimate of drug-likeness (QED) is 0.716. The predicted octanol–water partition coefficient (Wildman–Crippen LogP) is 0.716. The van der Waals surface area contributed by atoms with Crippen LogP contribution in [0.5, 0.6) is 0 Å². The van der Waals surface area contributed by atoms with Crippen LogP contribution >= 0.6 is 0 Å². The molecule has 106 valence electrons. The van der Waals surface area contributed by atoms with E-state index in [-0.39, 0.29) is 11.6 Å². The van der Waals surface area contributed by atoms with E-state index in [1.54, 1.807) is 7.11 Å². The van der Waals surface area contributed by atoms with Crippen molar-refractivity contribution in [2.24, 2.45) is 0 Å². The summed E-state index contributed by atoms with van der Waals surface area (Å²) in [5.41, 5.74) is 5.75. The van der Waals surface area contributed by atoms with Crippen molar-refractivity contribution in [1.29, 1.82) is 0 Å². The number of nitrogens with one attached hydrogen (secondary N) is 1. The average molecular weight is 269 g/mol. The number of likely N-dealkylation sites (N-methyl/N-ethyl adjacent to an activating group) is 1. The molecule has 1 rings (SSSR count). The fourth-order valence-electron chi connectivity index (χ4n) is 1.51. The van der Waals surface area contributed by atoms with Gasteiger partial charge in [0.05, 0.1) is 12.3 Å². The molecule has 0 fully saturated rings. The summed E-state index contributed by atoms with van der Waals surface area (Å²) in [4.78, 5) is 13.8. The zero-order valence-corrected chi connectivity index (χ0v) is 11.3. The fourth-order valence-corrected chi connectivity index (χ4v) is 1.51. The number of hydrogen-bond acceptors (Lipinski definition) is 4. The number of benzene rings is 1. The number of ether oxygens (including phenoxy) is 1. The molecular weight excluding hydrogens is 249 g/mol. The number of anilines is 1. The molecule has 0 aliphatic rings. The Bertz CT molecular complexity index is 426. The summed E-state index contributed by atoms with van der Waals surface area (Å²) in [5, 5.41) is 2.75. The summed E-state index contributed by atoms with van der Waals surface area (Å²) in [7, 11) is 3.59. The summed E-state index contributed by atoms with van der Waals surface area (Å²) in [5.74, 6) is -0.775. The van der Waals surface area contributed by atoms with Crippen molar-refractivity contribution in [3.8, 4) is 0 Å². The first-order valence-corrected chi connectivity index (χ1v) is 6.05. The van der Waals surface area contributed by atoms with Gasteiger partial charge in [-0.05, 0) is 25.2 Å². The van der Waals surface area contributed by atoms with Crippen molar-refractivity contribution in [2.45, 2.75) is 0 Å². The molecule has 0 aromatic heterocycles. The first-order chi connectivity index (χ1) is 9.04. The zero-order chi connectivity index (χ0) is 14.3. The van der Waals surface area contributed by atoms with Crippen LogP contribution in [0.3, 0.4) is 0 Å². The number of amides is 1. The first kappa shape index (κ1) is 15.4. The Morgan fingerprint density at radius 2 is 2.21 bits per heavy atom. The van der Waals surface area contributed by atoms with Crippen LogP contribution in [0.4, 0.5) is 10.1 Å². The van der Waals surface area contributed by atoms with Gasteiger partial charge in [0.2, 0.25) is 0 Å². The summed E-state index contributed by atoms with van der Waals surface area (Å²) < 4.78 is 17.9. The molecule has 0 radical (unpaired) electrons. The third-order valence-electron chi connectivity index (χ3n) is 2.71. The topological polar surface area (TPSA) is 67.6 Å². The second-order valence-corrected chi connectivity index (χ2v) is 4.29. The highest BCUT2D eigenvalue weighted by atomic mass is 19.1. The van der Waals surface area contributed by atoms with Gasteiger partial charge < -0.3 is 20.7 Å². The predicted molar refractivity (Wildman–Crippen MR) is 72.5 cm³/mol. The molecule has 19 heavy (non-hydrogen) atoms. The van der Waals surface area contributed by atoms with Gasteiger partial charge in [-0.3, -0.25) is 4.79 Å². The number of hydrogen-bond donors (Lipinski definition) is 2. The van der Waals surface area contributed by atoms with Crippen LogP contribution in [0.2, 0.25) is 0 Å². The van der Waals surface area contributed by atoms with Gasteiger partial charge in [-0.2, -0.15) is 0 Å². The van der Waals surface area contributed by atoms with Crippen LogP contribution in [-0.2, 0) is 4.74 Å². The van der Waals surface area contributed by atoms with Crippen LogP contribution in [0, 0.1) is 5.82 Å². The fraction of sp³-hybridized carbons (Fsp3) is 0.462. The number of rotatable bonds is 7. The van der Waals surface area contributed by atoms with Crippen LogP contribution < -0.4 is 11.1 Å². The van der Waals surface area contributed by atoms with E-state index in [9.17, 15) is 9.18 Å². The monoisotopic (exact) mass is 269 g/mol. The molecule has 0 aliphatic carbocycles. The van der Waals surface area contributed by atoms with E-state index in [0.29, 0.717) is 25.3 Å². The number of nitrogen functional groups attached to an aromatic ring is 1. The summed E-state index contributed by atoms with van der Waals surface area (Å²) in [6.45, 7) is 2.68. The van der Waals surface area contributed by atoms with E-state index in [1.165, 1.54) is 18.2 Å². The molecule has 0 saturated heterocycles. The number of methoxy groups -OCH3 is 1. The highest BCUT2D eigenvalue weighted by Gasteiger charge is 2.08. The maximum Gasteiger partial charge on any atom is 0.251 e. The van der Waals surface area contributed by atoms with Gasteiger partial charge in [-0.1, -0.05) is 0 Å². The maximum atomic E-state index is 13.0. The Kier molecular flexibility index (Phi) is 6.24. The van der Waals surface area contributed by atoms with E-state index >= 15 is 0 Å². The molecule has 0 heterocycles. The third kappa shape index (κ3) is 5.23. The smallest absolute Gasteiger partial charge is 0.251 e. The molecule has 0 bridgehead atoms. The molecule has 0 spiro atoms. The molecule has 3 N–H and O–H groups in total. The van der Waals surface area contributed by atoms with Gasteiger partial charge >= 0.3 is 0 Å². The summed E-state index contributed by atoms with van der Waals surface area (Å²) in [6.07, 6.45) is 0. The van der Waals surface area contributed by atoms with Crippen molar-refractivity contribution < 1.29 is 13.9 Å². The number of carbonyl (C=O) groups excluding carboxylic acids is 1. The number of nitrogens with zero attached hydrogens (tertiary/aromatic N) is 1. The lowest BCUT2D eigenvalue weighted by Crippen LogP contribution is -2.34. The van der Waals surface area contributed by atoms with Crippen molar-refractivity contribution in [2.75, 3.05) is 46.1 Å². The summed E-state index contributed by atoms with van der Waals surface area (Å²) >= 11 is 0. The molecular formula is C13H20FN3O2. The normalized spacial score (nSPS) is 10.7. The zero-order valence-electron chi connectivity index (χ0n) is 11.3. The average Bonchev–Trinajstić information content (AvgIpc) is 2.39. The molecule has 0 aliphatic heterocycles. The van der Waals surface area contributed by atoms with Crippen LogP contribution in [0.25, 0.3) is 0 Å². The molecule has 5 nitrogen and oxygen atoms in total. The Morgan fingerprint density at radius 3 is 2.84 bits per heavy atom. The Morgan fingerprint density at radius 1 is 1.47 bits per heavy atom. The number of carbonyl (C=O) groups is 1. The number of halogens is 1. The van der Waals surface area contributed by atoms with Gasteiger partial charge in [0.25, 0.3) is 5.91 Å². The highest BCUT2D eigenvalue weighted by molar-refractivity contribution is 5.95. The van der Waals surface area contributed by atoms with E-state index in [0.717, 1.165) is 6.54 Å². The minimum Gasteiger partial charge on any atom is -0.396 e. The van der Waals surface area contributed by atoms with Crippen LogP contribution in [0.1, 0.15) is 10.4 Å². The number of nitrogens with two attached hydrogens (primary N) is 1. The van der Waals surface area contributed by atoms with Crippen LogP contribution in [0.15, 0.2) is 18.2 Å². The highest BCUT2D eigenvalue weighted by Crippen LogP contribution is 2.11. The SMILES string of the molecule is COCCN(C)CCNC(=O)c1ccc(F)c(N)c1. The molecule has 0 saturated carbocycles.